The molecule has 2 saturated heterocycles. The van der Waals surface area contributed by atoms with Crippen LogP contribution in [-0.4, -0.2) is 49.7 Å². The van der Waals surface area contributed by atoms with Crippen molar-refractivity contribution in [2.75, 3.05) is 20.2 Å². The summed E-state index contributed by atoms with van der Waals surface area (Å²) in [5.74, 6) is 2.47. The Morgan fingerprint density at radius 3 is 2.75 bits per heavy atom. The summed E-state index contributed by atoms with van der Waals surface area (Å²) in [5.41, 5.74) is 0. The molecule has 0 radical (unpaired) electrons. The van der Waals surface area contributed by atoms with Gasteiger partial charge >= 0.3 is 0 Å². The predicted octanol–water partition coefficient (Wildman–Crippen LogP) is -1.19. The quantitative estimate of drug-likeness (QED) is 0.636. The molecule has 0 aromatic rings. The van der Waals surface area contributed by atoms with Crippen LogP contribution in [0.15, 0.2) is 0 Å². The van der Waals surface area contributed by atoms with Gasteiger partial charge in [-0.1, -0.05) is 12.8 Å². The van der Waals surface area contributed by atoms with Gasteiger partial charge in [0.2, 0.25) is 0 Å². The van der Waals surface area contributed by atoms with Crippen molar-refractivity contribution in [1.29, 1.82) is 0 Å². The number of hydrogen-bond acceptors (Lipinski definition) is 3. The Bertz CT molecular complexity index is 377. The van der Waals surface area contributed by atoms with E-state index in [1.54, 1.807) is 12.0 Å². The highest BCUT2D eigenvalue weighted by molar-refractivity contribution is 4.99. The summed E-state index contributed by atoms with van der Waals surface area (Å²) >= 11 is 0. The van der Waals surface area contributed by atoms with Gasteiger partial charge in [-0.15, -0.1) is 6.10 Å². The van der Waals surface area contributed by atoms with Gasteiger partial charge in [-0.3, -0.25) is 0 Å². The minimum atomic E-state index is -0.350. The van der Waals surface area contributed by atoms with Crippen molar-refractivity contribution in [3.63, 3.8) is 0 Å². The van der Waals surface area contributed by atoms with Gasteiger partial charge in [-0.05, 0) is 18.8 Å². The molecular formula is C16H27NO3. The molecule has 4 heteroatoms. The van der Waals surface area contributed by atoms with Crippen molar-refractivity contribution in [3.8, 4) is 0 Å². The van der Waals surface area contributed by atoms with Crippen LogP contribution in [0.4, 0.5) is 0 Å². The van der Waals surface area contributed by atoms with Crippen LogP contribution in [0, 0.1) is 23.7 Å². The molecule has 2 aliphatic carbocycles. The fourth-order valence-electron chi connectivity index (χ4n) is 6.13. The fourth-order valence-corrected chi connectivity index (χ4v) is 6.13. The van der Waals surface area contributed by atoms with Crippen LogP contribution >= 0.6 is 0 Å². The summed E-state index contributed by atoms with van der Waals surface area (Å²) in [4.78, 5) is 1.76. The Labute approximate surface area is 121 Å². The van der Waals surface area contributed by atoms with Gasteiger partial charge < -0.3 is 19.8 Å². The minimum absolute atomic E-state index is 0.0113. The molecule has 2 N–H and O–H groups in total. The van der Waals surface area contributed by atoms with Gasteiger partial charge in [-0.2, -0.15) is 0 Å². The zero-order valence-corrected chi connectivity index (χ0v) is 12.3. The monoisotopic (exact) mass is 281 g/mol. The summed E-state index contributed by atoms with van der Waals surface area (Å²) in [6, 6.07) is 0.729. The number of piperidine rings is 1. The molecule has 9 unspecified atom stereocenters. The number of aliphatic hydroxyl groups is 1. The van der Waals surface area contributed by atoms with E-state index in [0.717, 1.165) is 31.7 Å². The molecule has 2 saturated carbocycles. The molecule has 0 bridgehead atoms. The third-order valence-electron chi connectivity index (χ3n) is 6.84. The number of hydrogen-bond donors (Lipinski definition) is 2. The molecule has 0 spiro atoms. The number of fused-ring (bicyclic) bond motifs is 2. The van der Waals surface area contributed by atoms with Crippen LogP contribution < -0.4 is 10.0 Å². The highest BCUT2D eigenvalue weighted by Gasteiger charge is 2.56. The molecule has 0 aromatic heterocycles. The van der Waals surface area contributed by atoms with Crippen LogP contribution in [-0.2, 0) is 4.74 Å². The molecule has 4 fully saturated rings. The van der Waals surface area contributed by atoms with Gasteiger partial charge in [0.25, 0.3) is 0 Å². The van der Waals surface area contributed by atoms with Crippen LogP contribution in [0.2, 0.25) is 0 Å². The Morgan fingerprint density at radius 1 is 1.10 bits per heavy atom. The number of rotatable bonds is 1. The van der Waals surface area contributed by atoms with E-state index in [1.807, 2.05) is 0 Å². The molecular weight excluding hydrogens is 254 g/mol. The van der Waals surface area contributed by atoms with E-state index in [-0.39, 0.29) is 18.3 Å². The lowest BCUT2D eigenvalue weighted by Gasteiger charge is -2.54. The third kappa shape index (κ3) is 1.96. The van der Waals surface area contributed by atoms with Gasteiger partial charge in [0.05, 0.1) is 31.3 Å². The fraction of sp³-hybridized carbons (Fsp3) is 1.00. The maximum Gasteiger partial charge on any atom is 0.0935 e. The molecule has 9 atom stereocenters. The molecule has 114 valence electrons. The largest absolute Gasteiger partial charge is 0.852 e. The normalized spacial score (nSPS) is 58.0. The topological polar surface area (TPSA) is 57.0 Å². The van der Waals surface area contributed by atoms with Crippen LogP contribution in [0.25, 0.3) is 0 Å². The van der Waals surface area contributed by atoms with E-state index in [1.165, 1.54) is 19.5 Å². The molecule has 2 aliphatic heterocycles. The maximum atomic E-state index is 12.2. The van der Waals surface area contributed by atoms with Gasteiger partial charge in [0.1, 0.15) is 0 Å². The summed E-state index contributed by atoms with van der Waals surface area (Å²) in [6.07, 6.45) is 4.20. The number of methoxy groups -OCH3 is 1. The number of quaternary nitrogens is 1. The summed E-state index contributed by atoms with van der Waals surface area (Å²) < 4.78 is 5.47. The minimum Gasteiger partial charge on any atom is -0.852 e. The van der Waals surface area contributed by atoms with Crippen molar-refractivity contribution in [3.05, 3.63) is 0 Å². The maximum absolute atomic E-state index is 12.2. The lowest BCUT2D eigenvalue weighted by atomic mass is 9.60. The first-order valence-corrected chi connectivity index (χ1v) is 8.38. The zero-order valence-electron chi connectivity index (χ0n) is 12.3. The second-order valence-electron chi connectivity index (χ2n) is 7.68. The van der Waals surface area contributed by atoms with Crippen molar-refractivity contribution >= 4 is 0 Å². The third-order valence-corrected chi connectivity index (χ3v) is 6.84. The number of nitrogens with one attached hydrogen (secondary N) is 1. The van der Waals surface area contributed by atoms with Crippen molar-refractivity contribution < 1.29 is 19.8 Å². The Balaban J connectivity index is 1.60. The van der Waals surface area contributed by atoms with Gasteiger partial charge in [0.15, 0.2) is 0 Å². The Morgan fingerprint density at radius 2 is 1.95 bits per heavy atom. The Kier molecular flexibility index (Phi) is 3.33. The van der Waals surface area contributed by atoms with E-state index in [2.05, 4.69) is 0 Å². The highest BCUT2D eigenvalue weighted by atomic mass is 16.5. The molecule has 4 aliphatic rings. The molecule has 4 rings (SSSR count). The van der Waals surface area contributed by atoms with Crippen LogP contribution in [0.1, 0.15) is 32.1 Å². The van der Waals surface area contributed by atoms with Crippen molar-refractivity contribution in [2.24, 2.45) is 23.7 Å². The van der Waals surface area contributed by atoms with Crippen molar-refractivity contribution in [2.45, 2.75) is 56.5 Å². The van der Waals surface area contributed by atoms with Crippen molar-refractivity contribution in [1.82, 2.24) is 0 Å². The Hall–Kier alpha value is -0.160. The molecule has 20 heavy (non-hydrogen) atoms. The first kappa shape index (κ1) is 13.5. The molecule has 4 nitrogen and oxygen atoms in total. The van der Waals surface area contributed by atoms with Gasteiger partial charge in [-0.25, -0.2) is 0 Å². The average Bonchev–Trinajstić information content (AvgIpc) is 2.82. The average molecular weight is 281 g/mol. The second-order valence-corrected chi connectivity index (χ2v) is 7.68. The standard InChI is InChI=1S/C16H26NO3/c1-20-15-5-10-8-17-3-2-9-4-11(18)6-13(16(9)17)12(10)7-14(15)19/h9-16,19H,2-8H2,1H3/q-1/p+1. The second kappa shape index (κ2) is 4.94. The number of ether oxygens (including phenoxy) is 1. The molecule has 0 amide bonds. The summed E-state index contributed by atoms with van der Waals surface area (Å²) in [7, 11) is 1.72. The van der Waals surface area contributed by atoms with E-state index >= 15 is 0 Å². The van der Waals surface area contributed by atoms with E-state index < -0.39 is 0 Å². The first-order valence-electron chi connectivity index (χ1n) is 8.38. The predicted molar refractivity (Wildman–Crippen MR) is 72.1 cm³/mol. The SMILES string of the molecule is COC1CC2C[NH+]3CCC4CC([O-])CC(C2CC1O)C43. The summed E-state index contributed by atoms with van der Waals surface area (Å²) in [6.45, 7) is 2.51. The van der Waals surface area contributed by atoms with Crippen LogP contribution in [0.5, 0.6) is 0 Å². The molecule has 2 heterocycles. The zero-order chi connectivity index (χ0) is 13.9. The smallest absolute Gasteiger partial charge is 0.0935 e. The lowest BCUT2D eigenvalue weighted by molar-refractivity contribution is -0.931. The van der Waals surface area contributed by atoms with Crippen LogP contribution in [0.3, 0.4) is 0 Å². The summed E-state index contributed by atoms with van der Waals surface area (Å²) in [5, 5.41) is 22.5. The van der Waals surface area contributed by atoms with Gasteiger partial charge in [0, 0.05) is 31.3 Å². The molecule has 0 aromatic carbocycles. The van der Waals surface area contributed by atoms with E-state index in [4.69, 9.17) is 4.74 Å². The number of aliphatic hydroxyl groups excluding tert-OH is 1. The van der Waals surface area contributed by atoms with E-state index in [0.29, 0.717) is 23.7 Å². The van der Waals surface area contributed by atoms with E-state index in [9.17, 15) is 10.2 Å². The first-order chi connectivity index (χ1) is 9.67. The lowest BCUT2D eigenvalue weighted by Crippen LogP contribution is -3.17. The highest BCUT2D eigenvalue weighted by Crippen LogP contribution is 2.46.